The Hall–Kier alpha value is -3.03. The van der Waals surface area contributed by atoms with Gasteiger partial charge in [-0.2, -0.15) is 0 Å². The lowest BCUT2D eigenvalue weighted by Crippen LogP contribution is -2.40. The molecule has 1 N–H and O–H groups in total. The Morgan fingerprint density at radius 1 is 1.00 bits per heavy atom. The highest BCUT2D eigenvalue weighted by Crippen LogP contribution is 2.32. The van der Waals surface area contributed by atoms with Gasteiger partial charge >= 0.3 is 0 Å². The molecule has 0 spiro atoms. The average molecular weight is 428 g/mol. The van der Waals surface area contributed by atoms with Crippen LogP contribution in [-0.4, -0.2) is 49.2 Å². The third-order valence-corrected chi connectivity index (χ3v) is 6.29. The van der Waals surface area contributed by atoms with Crippen molar-refractivity contribution in [1.29, 1.82) is 0 Å². The van der Waals surface area contributed by atoms with Gasteiger partial charge in [-0.05, 0) is 25.7 Å². The van der Waals surface area contributed by atoms with Gasteiger partial charge in [0.1, 0.15) is 11.5 Å². The van der Waals surface area contributed by atoms with Crippen molar-refractivity contribution in [3.05, 3.63) is 35.7 Å². The quantitative estimate of drug-likeness (QED) is 0.753. The highest BCUT2D eigenvalue weighted by Gasteiger charge is 2.31. The molecular weight excluding hydrogens is 398 g/mol. The van der Waals surface area contributed by atoms with Crippen molar-refractivity contribution in [2.24, 2.45) is 5.92 Å². The van der Waals surface area contributed by atoms with Crippen molar-refractivity contribution in [2.75, 3.05) is 32.6 Å². The normalized spacial score (nSPS) is 17.5. The smallest absolute Gasteiger partial charge is 0.294 e. The number of methoxy groups -OCH3 is 2. The van der Waals surface area contributed by atoms with Gasteiger partial charge in [-0.25, -0.2) is 0 Å². The number of carbonyl (C=O) groups is 2. The molecule has 0 radical (unpaired) electrons. The van der Waals surface area contributed by atoms with E-state index in [9.17, 15) is 9.59 Å². The summed E-state index contributed by atoms with van der Waals surface area (Å²) in [6, 6.07) is 6.83. The molecule has 8 heteroatoms. The molecule has 0 bridgehead atoms. The number of amides is 2. The molecule has 0 atom stereocenters. The van der Waals surface area contributed by atoms with Gasteiger partial charge in [-0.1, -0.05) is 18.0 Å². The van der Waals surface area contributed by atoms with Crippen LogP contribution in [0.25, 0.3) is 0 Å². The minimum Gasteiger partial charge on any atom is -0.497 e. The fraction of sp³-hybridized carbons (Fsp3) is 0.522. The average Bonchev–Trinajstić information content (AvgIpc) is 3.51. The van der Waals surface area contributed by atoms with E-state index >= 15 is 0 Å². The first-order valence-electron chi connectivity index (χ1n) is 10.9. The number of nitrogens with zero attached hydrogens (tertiary/aromatic N) is 2. The Bertz CT molecular complexity index is 905. The number of ether oxygens (including phenoxy) is 2. The lowest BCUT2D eigenvalue weighted by Gasteiger charge is -2.32. The van der Waals surface area contributed by atoms with E-state index in [0.29, 0.717) is 23.1 Å². The van der Waals surface area contributed by atoms with Crippen LogP contribution in [0.5, 0.6) is 11.5 Å². The number of carbonyl (C=O) groups excluding carboxylic acids is 2. The molecule has 166 valence electrons. The van der Waals surface area contributed by atoms with Crippen LogP contribution in [0.2, 0.25) is 0 Å². The molecule has 2 fully saturated rings. The number of rotatable bonds is 6. The molecule has 1 aromatic heterocycles. The number of hydrogen-bond acceptors (Lipinski definition) is 6. The highest BCUT2D eigenvalue weighted by atomic mass is 16.5. The molecule has 4 rings (SSSR count). The molecule has 1 saturated carbocycles. The van der Waals surface area contributed by atoms with Crippen LogP contribution < -0.4 is 14.8 Å². The van der Waals surface area contributed by atoms with Gasteiger partial charge in [0.2, 0.25) is 11.7 Å². The number of anilines is 1. The second-order valence-corrected chi connectivity index (χ2v) is 8.25. The van der Waals surface area contributed by atoms with E-state index in [4.69, 9.17) is 14.0 Å². The zero-order valence-corrected chi connectivity index (χ0v) is 18.1. The lowest BCUT2D eigenvalue weighted by atomic mass is 9.92. The zero-order chi connectivity index (χ0) is 21.8. The first-order valence-corrected chi connectivity index (χ1v) is 10.9. The molecular formula is C23H29N3O5. The van der Waals surface area contributed by atoms with Gasteiger partial charge in [0.05, 0.1) is 19.9 Å². The Labute approximate surface area is 181 Å². The Balaban J connectivity index is 1.35. The van der Waals surface area contributed by atoms with E-state index in [-0.39, 0.29) is 23.5 Å². The van der Waals surface area contributed by atoms with E-state index in [2.05, 4.69) is 10.5 Å². The van der Waals surface area contributed by atoms with Crippen molar-refractivity contribution < 1.29 is 23.6 Å². The number of benzene rings is 1. The summed E-state index contributed by atoms with van der Waals surface area (Å²) in [6.07, 6.45) is 6.05. The molecule has 8 nitrogen and oxygen atoms in total. The molecule has 1 aliphatic heterocycles. The fourth-order valence-electron chi connectivity index (χ4n) is 4.49. The Morgan fingerprint density at radius 3 is 2.26 bits per heavy atom. The summed E-state index contributed by atoms with van der Waals surface area (Å²) in [5.74, 6) is 1.64. The van der Waals surface area contributed by atoms with E-state index in [1.807, 2.05) is 4.90 Å². The summed E-state index contributed by atoms with van der Waals surface area (Å²) in [5, 5.41) is 6.92. The minimum atomic E-state index is -0.386. The molecule has 2 heterocycles. The molecule has 2 aliphatic rings. The summed E-state index contributed by atoms with van der Waals surface area (Å²) >= 11 is 0. The molecule has 2 amide bonds. The number of piperidine rings is 1. The van der Waals surface area contributed by atoms with Crippen molar-refractivity contribution >= 4 is 17.5 Å². The van der Waals surface area contributed by atoms with Gasteiger partial charge < -0.3 is 24.2 Å². The van der Waals surface area contributed by atoms with Crippen molar-refractivity contribution in [1.82, 2.24) is 10.1 Å². The zero-order valence-electron chi connectivity index (χ0n) is 18.1. The summed E-state index contributed by atoms with van der Waals surface area (Å²) < 4.78 is 15.8. The summed E-state index contributed by atoms with van der Waals surface area (Å²) in [7, 11) is 3.10. The molecule has 0 unspecified atom stereocenters. The number of aromatic nitrogens is 1. The Kier molecular flexibility index (Phi) is 6.44. The third kappa shape index (κ3) is 4.84. The second-order valence-electron chi connectivity index (χ2n) is 8.25. The predicted octanol–water partition coefficient (Wildman–Crippen LogP) is 3.84. The van der Waals surface area contributed by atoms with E-state index in [1.54, 1.807) is 38.5 Å². The van der Waals surface area contributed by atoms with Crippen molar-refractivity contribution in [3.63, 3.8) is 0 Å². The van der Waals surface area contributed by atoms with Gasteiger partial charge in [-0.15, -0.1) is 0 Å². The van der Waals surface area contributed by atoms with Gasteiger partial charge in [0, 0.05) is 54.9 Å². The first-order chi connectivity index (χ1) is 15.1. The minimum absolute atomic E-state index is 0.154. The molecule has 1 aromatic carbocycles. The van der Waals surface area contributed by atoms with Crippen LogP contribution in [0.4, 0.5) is 5.69 Å². The van der Waals surface area contributed by atoms with Gasteiger partial charge in [0.25, 0.3) is 5.91 Å². The topological polar surface area (TPSA) is 93.9 Å². The maximum Gasteiger partial charge on any atom is 0.294 e. The summed E-state index contributed by atoms with van der Waals surface area (Å²) in [5.41, 5.74) is 1.30. The molecule has 1 saturated heterocycles. The predicted molar refractivity (Wildman–Crippen MR) is 115 cm³/mol. The SMILES string of the molecule is COc1cc(NC(=O)c2cc(C3CCN(C(=O)C4CCCC4)CC3)no2)cc(OC)c1. The number of hydrogen-bond donors (Lipinski definition) is 1. The fourth-order valence-corrected chi connectivity index (χ4v) is 4.49. The van der Waals surface area contributed by atoms with Crippen LogP contribution in [0.1, 0.15) is 60.7 Å². The van der Waals surface area contributed by atoms with Crippen LogP contribution in [0.15, 0.2) is 28.8 Å². The van der Waals surface area contributed by atoms with E-state index in [1.165, 1.54) is 12.8 Å². The van der Waals surface area contributed by atoms with E-state index in [0.717, 1.165) is 44.5 Å². The van der Waals surface area contributed by atoms with Crippen LogP contribution >= 0.6 is 0 Å². The van der Waals surface area contributed by atoms with Gasteiger partial charge in [0.15, 0.2) is 0 Å². The largest absolute Gasteiger partial charge is 0.497 e. The lowest BCUT2D eigenvalue weighted by molar-refractivity contribution is -0.136. The Morgan fingerprint density at radius 2 is 1.65 bits per heavy atom. The molecule has 1 aliphatic carbocycles. The first kappa shape index (κ1) is 21.2. The van der Waals surface area contributed by atoms with Crippen molar-refractivity contribution in [3.8, 4) is 11.5 Å². The van der Waals surface area contributed by atoms with Gasteiger partial charge in [-0.3, -0.25) is 9.59 Å². The second kappa shape index (κ2) is 9.41. The summed E-state index contributed by atoms with van der Waals surface area (Å²) in [4.78, 5) is 27.2. The van der Waals surface area contributed by atoms with Crippen LogP contribution in [-0.2, 0) is 4.79 Å². The molecule has 31 heavy (non-hydrogen) atoms. The maximum absolute atomic E-state index is 12.6. The number of nitrogens with one attached hydrogen (secondary N) is 1. The van der Waals surface area contributed by atoms with E-state index < -0.39 is 0 Å². The third-order valence-electron chi connectivity index (χ3n) is 6.29. The summed E-state index contributed by atoms with van der Waals surface area (Å²) in [6.45, 7) is 1.47. The highest BCUT2D eigenvalue weighted by molar-refractivity contribution is 6.02. The number of likely N-dealkylation sites (tertiary alicyclic amines) is 1. The molecule has 2 aromatic rings. The monoisotopic (exact) mass is 427 g/mol. The van der Waals surface area contributed by atoms with Crippen LogP contribution in [0.3, 0.4) is 0 Å². The van der Waals surface area contributed by atoms with Crippen LogP contribution in [0, 0.1) is 5.92 Å². The standard InChI is InChI=1S/C23H29N3O5/c1-29-18-11-17(12-19(13-18)30-2)24-22(27)21-14-20(25-31-21)15-7-9-26(10-8-15)23(28)16-5-3-4-6-16/h11-16H,3-10H2,1-2H3,(H,24,27). The maximum atomic E-state index is 12.6. The van der Waals surface area contributed by atoms with Crippen molar-refractivity contribution in [2.45, 2.75) is 44.4 Å².